The van der Waals surface area contributed by atoms with Crippen LogP contribution in [0.5, 0.6) is 0 Å². The van der Waals surface area contributed by atoms with E-state index < -0.39 is 5.69 Å². The van der Waals surface area contributed by atoms with Crippen molar-refractivity contribution in [3.63, 3.8) is 0 Å². The highest BCUT2D eigenvalue weighted by Gasteiger charge is 2.11. The molecule has 1 amide bonds. The molecule has 0 radical (unpaired) electrons. The number of aromatic nitrogens is 2. The van der Waals surface area contributed by atoms with Gasteiger partial charge in [0.25, 0.3) is 0 Å². The second-order valence-electron chi connectivity index (χ2n) is 4.71. The summed E-state index contributed by atoms with van der Waals surface area (Å²) in [5.41, 5.74) is 4.85. The maximum absolute atomic E-state index is 11.8. The summed E-state index contributed by atoms with van der Waals surface area (Å²) in [6.45, 7) is 3.74. The zero-order chi connectivity index (χ0) is 15.2. The normalized spacial score (nSPS) is 10.4. The van der Waals surface area contributed by atoms with Gasteiger partial charge in [-0.1, -0.05) is 30.3 Å². The van der Waals surface area contributed by atoms with Crippen LogP contribution in [-0.4, -0.2) is 15.9 Å². The standard InChI is InChI=1S/C15H17N3O3/c1-10-13(11(2)17-15(20)16-10)8-14(19)18-21-9-12-6-4-3-5-7-12/h3-7H,8-9H2,1-2H3,(H,18,19)(H,16,17,20). The van der Waals surface area contributed by atoms with Crippen LogP contribution in [0.15, 0.2) is 35.1 Å². The van der Waals surface area contributed by atoms with Crippen LogP contribution in [0, 0.1) is 13.8 Å². The van der Waals surface area contributed by atoms with Crippen LogP contribution in [0.3, 0.4) is 0 Å². The molecule has 2 rings (SSSR count). The van der Waals surface area contributed by atoms with Gasteiger partial charge in [-0.15, -0.1) is 0 Å². The number of hydroxylamine groups is 1. The van der Waals surface area contributed by atoms with E-state index in [0.29, 0.717) is 23.6 Å². The molecule has 1 heterocycles. The summed E-state index contributed by atoms with van der Waals surface area (Å²) < 4.78 is 0. The average Bonchev–Trinajstić information content (AvgIpc) is 2.44. The second-order valence-corrected chi connectivity index (χ2v) is 4.71. The monoisotopic (exact) mass is 287 g/mol. The van der Waals surface area contributed by atoms with Crippen molar-refractivity contribution in [3.8, 4) is 0 Å². The largest absolute Gasteiger partial charge is 0.345 e. The number of hydrogen-bond acceptors (Lipinski definition) is 4. The Balaban J connectivity index is 1.89. The minimum atomic E-state index is -0.408. The number of benzene rings is 1. The Hall–Kier alpha value is -2.47. The molecular weight excluding hydrogens is 270 g/mol. The lowest BCUT2D eigenvalue weighted by atomic mass is 10.1. The van der Waals surface area contributed by atoms with Gasteiger partial charge < -0.3 is 4.98 Å². The average molecular weight is 287 g/mol. The molecule has 0 bridgehead atoms. The molecule has 0 fully saturated rings. The molecule has 6 heteroatoms. The van der Waals surface area contributed by atoms with Gasteiger partial charge in [0, 0.05) is 17.0 Å². The van der Waals surface area contributed by atoms with Crippen molar-refractivity contribution in [3.05, 3.63) is 63.3 Å². The predicted molar refractivity (Wildman–Crippen MR) is 77.4 cm³/mol. The van der Waals surface area contributed by atoms with Crippen molar-refractivity contribution in [2.75, 3.05) is 0 Å². The van der Waals surface area contributed by atoms with Crippen molar-refractivity contribution in [2.45, 2.75) is 26.9 Å². The Morgan fingerprint density at radius 1 is 1.29 bits per heavy atom. The molecule has 6 nitrogen and oxygen atoms in total. The lowest BCUT2D eigenvalue weighted by molar-refractivity contribution is -0.133. The number of nitrogens with one attached hydrogen (secondary N) is 2. The number of nitrogens with zero attached hydrogens (tertiary/aromatic N) is 1. The molecule has 0 saturated heterocycles. The van der Waals surface area contributed by atoms with Gasteiger partial charge in [-0.25, -0.2) is 10.3 Å². The van der Waals surface area contributed by atoms with Crippen molar-refractivity contribution in [1.29, 1.82) is 0 Å². The number of amides is 1. The first-order valence-corrected chi connectivity index (χ1v) is 6.57. The van der Waals surface area contributed by atoms with E-state index in [4.69, 9.17) is 4.84 Å². The first kappa shape index (κ1) is 14.9. The van der Waals surface area contributed by atoms with E-state index in [2.05, 4.69) is 15.4 Å². The van der Waals surface area contributed by atoms with Gasteiger partial charge in [0.2, 0.25) is 5.91 Å². The van der Waals surface area contributed by atoms with Crippen LogP contribution in [0.4, 0.5) is 0 Å². The van der Waals surface area contributed by atoms with Gasteiger partial charge >= 0.3 is 5.69 Å². The summed E-state index contributed by atoms with van der Waals surface area (Å²) in [5.74, 6) is -0.286. The fraction of sp³-hybridized carbons (Fsp3) is 0.267. The van der Waals surface area contributed by atoms with Crippen molar-refractivity contribution < 1.29 is 9.63 Å². The number of aryl methyl sites for hydroxylation is 2. The lowest BCUT2D eigenvalue weighted by Crippen LogP contribution is -2.27. The second kappa shape index (κ2) is 6.81. The molecule has 0 aliphatic carbocycles. The summed E-state index contributed by atoms with van der Waals surface area (Å²) in [7, 11) is 0. The predicted octanol–water partition coefficient (Wildman–Crippen LogP) is 1.18. The van der Waals surface area contributed by atoms with Crippen LogP contribution < -0.4 is 11.2 Å². The van der Waals surface area contributed by atoms with Gasteiger partial charge in [0.1, 0.15) is 0 Å². The Labute approximate surface area is 122 Å². The minimum Gasteiger partial charge on any atom is -0.310 e. The molecule has 0 aliphatic rings. The number of carbonyl (C=O) groups is 1. The van der Waals surface area contributed by atoms with E-state index in [9.17, 15) is 9.59 Å². The Bertz CT molecular complexity index is 654. The molecule has 1 aromatic heterocycles. The highest BCUT2D eigenvalue weighted by molar-refractivity contribution is 5.78. The molecule has 0 unspecified atom stereocenters. The summed E-state index contributed by atoms with van der Waals surface area (Å²) in [6.07, 6.45) is 0.107. The van der Waals surface area contributed by atoms with Crippen LogP contribution in [0.2, 0.25) is 0 Å². The van der Waals surface area contributed by atoms with Crippen LogP contribution in [0.25, 0.3) is 0 Å². The number of rotatable bonds is 5. The SMILES string of the molecule is Cc1nc(=O)[nH]c(C)c1CC(=O)NOCc1ccccc1. The summed E-state index contributed by atoms with van der Waals surface area (Å²) in [5, 5.41) is 0. The Kier molecular flexibility index (Phi) is 4.84. The van der Waals surface area contributed by atoms with E-state index in [1.165, 1.54) is 0 Å². The fourth-order valence-electron chi connectivity index (χ4n) is 1.99. The first-order valence-electron chi connectivity index (χ1n) is 6.57. The van der Waals surface area contributed by atoms with Crippen molar-refractivity contribution >= 4 is 5.91 Å². The van der Waals surface area contributed by atoms with Crippen LogP contribution >= 0.6 is 0 Å². The molecule has 1 aromatic carbocycles. The number of hydrogen-bond donors (Lipinski definition) is 2. The molecule has 0 spiro atoms. The third-order valence-electron chi connectivity index (χ3n) is 3.06. The Morgan fingerprint density at radius 3 is 2.67 bits per heavy atom. The highest BCUT2D eigenvalue weighted by Crippen LogP contribution is 2.07. The van der Waals surface area contributed by atoms with Gasteiger partial charge in [-0.3, -0.25) is 9.63 Å². The molecular formula is C15H17N3O3. The number of H-pyrrole nitrogens is 1. The van der Waals surface area contributed by atoms with Crippen molar-refractivity contribution in [1.82, 2.24) is 15.4 Å². The lowest BCUT2D eigenvalue weighted by Gasteiger charge is -2.09. The van der Waals surface area contributed by atoms with E-state index in [-0.39, 0.29) is 12.3 Å². The summed E-state index contributed by atoms with van der Waals surface area (Å²) in [4.78, 5) is 34.6. The van der Waals surface area contributed by atoms with Crippen LogP contribution in [-0.2, 0) is 22.7 Å². The molecule has 2 N–H and O–H groups in total. The molecule has 0 saturated carbocycles. The summed E-state index contributed by atoms with van der Waals surface area (Å²) >= 11 is 0. The highest BCUT2D eigenvalue weighted by atomic mass is 16.6. The third kappa shape index (κ3) is 4.25. The van der Waals surface area contributed by atoms with Crippen molar-refractivity contribution in [2.24, 2.45) is 0 Å². The molecule has 21 heavy (non-hydrogen) atoms. The fourth-order valence-corrected chi connectivity index (χ4v) is 1.99. The van der Waals surface area contributed by atoms with E-state index in [0.717, 1.165) is 5.56 Å². The van der Waals surface area contributed by atoms with E-state index in [1.807, 2.05) is 30.3 Å². The topological polar surface area (TPSA) is 84.1 Å². The number of aromatic amines is 1. The summed E-state index contributed by atoms with van der Waals surface area (Å²) in [6, 6.07) is 9.54. The van der Waals surface area contributed by atoms with Gasteiger partial charge in [-0.05, 0) is 19.4 Å². The van der Waals surface area contributed by atoms with E-state index in [1.54, 1.807) is 13.8 Å². The number of carbonyl (C=O) groups excluding carboxylic acids is 1. The Morgan fingerprint density at radius 2 is 2.00 bits per heavy atom. The molecule has 0 aliphatic heterocycles. The van der Waals surface area contributed by atoms with Gasteiger partial charge in [-0.2, -0.15) is 4.98 Å². The van der Waals surface area contributed by atoms with E-state index >= 15 is 0 Å². The molecule has 110 valence electrons. The first-order chi connectivity index (χ1) is 10.1. The van der Waals surface area contributed by atoms with Gasteiger partial charge in [0.15, 0.2) is 0 Å². The molecule has 0 atom stereocenters. The molecule has 2 aromatic rings. The third-order valence-corrected chi connectivity index (χ3v) is 3.06. The maximum atomic E-state index is 11.8. The maximum Gasteiger partial charge on any atom is 0.345 e. The van der Waals surface area contributed by atoms with Gasteiger partial charge in [0.05, 0.1) is 13.0 Å². The van der Waals surface area contributed by atoms with Crippen LogP contribution in [0.1, 0.15) is 22.5 Å². The minimum absolute atomic E-state index is 0.107. The smallest absolute Gasteiger partial charge is 0.310 e. The zero-order valence-electron chi connectivity index (χ0n) is 12.0. The quantitative estimate of drug-likeness (QED) is 0.809. The zero-order valence-corrected chi connectivity index (χ0v) is 12.0.